The summed E-state index contributed by atoms with van der Waals surface area (Å²) < 4.78 is 5.51. The molecule has 2 heterocycles. The molecule has 1 aromatic rings. The first-order valence-corrected chi connectivity index (χ1v) is 7.48. The lowest BCUT2D eigenvalue weighted by molar-refractivity contribution is 0.0901. The van der Waals surface area contributed by atoms with Crippen LogP contribution < -0.4 is 4.90 Å². The smallest absolute Gasteiger partial charge is 0.414 e. The average Bonchev–Trinajstić information content (AvgIpc) is 2.80. The van der Waals surface area contributed by atoms with E-state index in [-0.39, 0.29) is 12.2 Å². The van der Waals surface area contributed by atoms with Gasteiger partial charge >= 0.3 is 6.09 Å². The Kier molecular flexibility index (Phi) is 3.92. The van der Waals surface area contributed by atoms with Gasteiger partial charge < -0.3 is 4.74 Å². The Morgan fingerprint density at radius 1 is 1.25 bits per heavy atom. The molecular weight excluding hydrogens is 252 g/mol. The summed E-state index contributed by atoms with van der Waals surface area (Å²) >= 11 is 0. The molecular formula is C16H22N2O2. The van der Waals surface area contributed by atoms with Crippen LogP contribution in [0.5, 0.6) is 0 Å². The summed E-state index contributed by atoms with van der Waals surface area (Å²) in [5, 5.41) is 0. The Hall–Kier alpha value is -1.55. The highest BCUT2D eigenvalue weighted by Crippen LogP contribution is 2.23. The van der Waals surface area contributed by atoms with Gasteiger partial charge in [-0.2, -0.15) is 0 Å². The van der Waals surface area contributed by atoms with E-state index in [1.165, 1.54) is 12.8 Å². The molecule has 0 radical (unpaired) electrons. The summed E-state index contributed by atoms with van der Waals surface area (Å²) in [6.45, 7) is 6.07. The molecule has 2 aliphatic heterocycles. The second-order valence-corrected chi connectivity index (χ2v) is 5.96. The number of rotatable bonds is 3. The molecule has 0 saturated carbocycles. The van der Waals surface area contributed by atoms with Crippen LogP contribution >= 0.6 is 0 Å². The molecule has 0 N–H and O–H groups in total. The number of likely N-dealkylation sites (tertiary alicyclic amines) is 1. The average molecular weight is 274 g/mol. The van der Waals surface area contributed by atoms with Gasteiger partial charge in [-0.3, -0.25) is 9.80 Å². The molecule has 1 aromatic carbocycles. The van der Waals surface area contributed by atoms with Crippen LogP contribution in [0.3, 0.4) is 0 Å². The third-order valence-corrected chi connectivity index (χ3v) is 4.14. The molecule has 2 aliphatic rings. The maximum Gasteiger partial charge on any atom is 0.414 e. The molecule has 4 nitrogen and oxygen atoms in total. The van der Waals surface area contributed by atoms with Crippen LogP contribution in [0.4, 0.5) is 10.5 Å². The van der Waals surface area contributed by atoms with Crippen LogP contribution in [0.25, 0.3) is 0 Å². The maximum atomic E-state index is 12.0. The lowest BCUT2D eigenvalue weighted by Gasteiger charge is -2.31. The predicted octanol–water partition coefficient (Wildman–Crippen LogP) is 2.74. The Labute approximate surface area is 120 Å². The molecule has 0 aromatic heterocycles. The Bertz CT molecular complexity index is 463. The first kappa shape index (κ1) is 13.4. The quantitative estimate of drug-likeness (QED) is 0.849. The van der Waals surface area contributed by atoms with Crippen LogP contribution in [0.15, 0.2) is 30.3 Å². The highest BCUT2D eigenvalue weighted by molar-refractivity contribution is 5.89. The minimum atomic E-state index is -0.216. The number of carbonyl (C=O) groups is 1. The van der Waals surface area contributed by atoms with Crippen molar-refractivity contribution >= 4 is 11.8 Å². The van der Waals surface area contributed by atoms with E-state index in [0.717, 1.165) is 31.2 Å². The van der Waals surface area contributed by atoms with Crippen molar-refractivity contribution < 1.29 is 9.53 Å². The van der Waals surface area contributed by atoms with Crippen molar-refractivity contribution in [1.29, 1.82) is 0 Å². The van der Waals surface area contributed by atoms with Gasteiger partial charge in [0.15, 0.2) is 0 Å². The topological polar surface area (TPSA) is 32.8 Å². The highest BCUT2D eigenvalue weighted by Gasteiger charge is 2.33. The summed E-state index contributed by atoms with van der Waals surface area (Å²) in [5.41, 5.74) is 0.923. The SMILES string of the molecule is C[C@@H]1CCCN(C[C@@H]2CN(c3ccccc3)C(=O)O2)C1. The fraction of sp³-hybridized carbons (Fsp3) is 0.562. The van der Waals surface area contributed by atoms with Gasteiger partial charge in [0.05, 0.1) is 6.54 Å². The van der Waals surface area contributed by atoms with Gasteiger partial charge in [-0.25, -0.2) is 4.79 Å². The number of cyclic esters (lactones) is 1. The molecule has 1 amide bonds. The largest absolute Gasteiger partial charge is 0.443 e. The molecule has 4 heteroatoms. The van der Waals surface area contributed by atoms with E-state index in [0.29, 0.717) is 6.54 Å². The van der Waals surface area contributed by atoms with Gasteiger partial charge in [0.1, 0.15) is 6.10 Å². The Balaban J connectivity index is 1.59. The first-order chi connectivity index (χ1) is 9.72. The molecule has 20 heavy (non-hydrogen) atoms. The van der Waals surface area contributed by atoms with E-state index in [2.05, 4.69) is 11.8 Å². The van der Waals surface area contributed by atoms with E-state index in [9.17, 15) is 4.79 Å². The van der Waals surface area contributed by atoms with Crippen LogP contribution in [0.2, 0.25) is 0 Å². The van der Waals surface area contributed by atoms with Crippen LogP contribution in [-0.4, -0.2) is 43.3 Å². The molecule has 2 saturated heterocycles. The Morgan fingerprint density at radius 2 is 2.05 bits per heavy atom. The normalized spacial score (nSPS) is 27.6. The zero-order chi connectivity index (χ0) is 13.9. The first-order valence-electron chi connectivity index (χ1n) is 7.48. The van der Waals surface area contributed by atoms with Crippen molar-refractivity contribution in [1.82, 2.24) is 4.90 Å². The van der Waals surface area contributed by atoms with Crippen LogP contribution in [-0.2, 0) is 4.74 Å². The monoisotopic (exact) mass is 274 g/mol. The number of ether oxygens (including phenoxy) is 1. The van der Waals surface area contributed by atoms with E-state index in [1.807, 2.05) is 30.3 Å². The lowest BCUT2D eigenvalue weighted by Crippen LogP contribution is -2.40. The van der Waals surface area contributed by atoms with Gasteiger partial charge in [-0.15, -0.1) is 0 Å². The van der Waals surface area contributed by atoms with Crippen molar-refractivity contribution in [2.24, 2.45) is 5.92 Å². The van der Waals surface area contributed by atoms with Gasteiger partial charge in [-0.1, -0.05) is 25.1 Å². The summed E-state index contributed by atoms with van der Waals surface area (Å²) in [5.74, 6) is 0.756. The van der Waals surface area contributed by atoms with Gasteiger partial charge in [-0.05, 0) is 37.4 Å². The second-order valence-electron chi connectivity index (χ2n) is 5.96. The molecule has 0 unspecified atom stereocenters. The molecule has 0 spiro atoms. The van der Waals surface area contributed by atoms with Crippen molar-refractivity contribution in [3.05, 3.63) is 30.3 Å². The summed E-state index contributed by atoms with van der Waals surface area (Å²) in [7, 11) is 0. The Morgan fingerprint density at radius 3 is 2.80 bits per heavy atom. The van der Waals surface area contributed by atoms with E-state index in [4.69, 9.17) is 4.74 Å². The molecule has 2 fully saturated rings. The molecule has 2 atom stereocenters. The number of para-hydroxylation sites is 1. The van der Waals surface area contributed by atoms with Gasteiger partial charge in [0.2, 0.25) is 0 Å². The number of hydrogen-bond acceptors (Lipinski definition) is 3. The molecule has 0 aliphatic carbocycles. The summed E-state index contributed by atoms with van der Waals surface area (Å²) in [4.78, 5) is 16.1. The molecule has 3 rings (SSSR count). The van der Waals surface area contributed by atoms with Crippen molar-refractivity contribution in [3.8, 4) is 0 Å². The highest BCUT2D eigenvalue weighted by atomic mass is 16.6. The number of benzene rings is 1. The fourth-order valence-corrected chi connectivity index (χ4v) is 3.18. The maximum absolute atomic E-state index is 12.0. The lowest BCUT2D eigenvalue weighted by atomic mass is 10.00. The standard InChI is InChI=1S/C16H22N2O2/c1-13-6-5-9-17(10-13)11-15-12-18(16(19)20-15)14-7-3-2-4-8-14/h2-4,7-8,13,15H,5-6,9-12H2,1H3/t13-,15-/m1/s1. The summed E-state index contributed by atoms with van der Waals surface area (Å²) in [6, 6.07) is 9.75. The number of hydrogen-bond donors (Lipinski definition) is 0. The number of nitrogens with zero attached hydrogens (tertiary/aromatic N) is 2. The van der Waals surface area contributed by atoms with Gasteiger partial charge in [0, 0.05) is 18.8 Å². The number of anilines is 1. The minimum absolute atomic E-state index is 0.00648. The third kappa shape index (κ3) is 2.96. The predicted molar refractivity (Wildman–Crippen MR) is 78.9 cm³/mol. The fourth-order valence-electron chi connectivity index (χ4n) is 3.18. The molecule has 0 bridgehead atoms. The minimum Gasteiger partial charge on any atom is -0.443 e. The summed E-state index contributed by atoms with van der Waals surface area (Å²) in [6.07, 6.45) is 2.35. The van der Waals surface area contributed by atoms with Crippen LogP contribution in [0, 0.1) is 5.92 Å². The number of amides is 1. The number of carbonyl (C=O) groups excluding carboxylic acids is 1. The van der Waals surface area contributed by atoms with Crippen LogP contribution in [0.1, 0.15) is 19.8 Å². The second kappa shape index (κ2) is 5.83. The third-order valence-electron chi connectivity index (χ3n) is 4.14. The van der Waals surface area contributed by atoms with Crippen molar-refractivity contribution in [2.45, 2.75) is 25.9 Å². The zero-order valence-electron chi connectivity index (χ0n) is 12.0. The molecule has 108 valence electrons. The van der Waals surface area contributed by atoms with E-state index in [1.54, 1.807) is 4.90 Å². The van der Waals surface area contributed by atoms with E-state index >= 15 is 0 Å². The number of piperidine rings is 1. The van der Waals surface area contributed by atoms with Crippen molar-refractivity contribution in [2.75, 3.05) is 31.1 Å². The zero-order valence-corrected chi connectivity index (χ0v) is 12.0. The van der Waals surface area contributed by atoms with Crippen molar-refractivity contribution in [3.63, 3.8) is 0 Å². The van der Waals surface area contributed by atoms with E-state index < -0.39 is 0 Å². The van der Waals surface area contributed by atoms with Gasteiger partial charge in [0.25, 0.3) is 0 Å².